The van der Waals surface area contributed by atoms with Crippen LogP contribution in [-0.2, 0) is 11.2 Å². The summed E-state index contributed by atoms with van der Waals surface area (Å²) in [6.45, 7) is 2.03. The van der Waals surface area contributed by atoms with Crippen LogP contribution in [0.3, 0.4) is 0 Å². The second-order valence-electron chi connectivity index (χ2n) is 3.07. The fourth-order valence-corrected chi connectivity index (χ4v) is 1.44. The van der Waals surface area contributed by atoms with Crippen molar-refractivity contribution in [2.45, 2.75) is 13.3 Å². The van der Waals surface area contributed by atoms with E-state index in [4.69, 9.17) is 4.42 Å². The number of hydrogen-bond acceptors (Lipinski definition) is 2. The highest BCUT2D eigenvalue weighted by Crippen LogP contribution is 2.22. The molecule has 1 aromatic heterocycles. The van der Waals surface area contributed by atoms with E-state index < -0.39 is 0 Å². The summed E-state index contributed by atoms with van der Waals surface area (Å²) >= 11 is 0. The lowest BCUT2D eigenvalue weighted by Crippen LogP contribution is -1.78. The molecule has 0 N–H and O–H groups in total. The summed E-state index contributed by atoms with van der Waals surface area (Å²) in [6, 6.07) is 7.82. The van der Waals surface area contributed by atoms with Gasteiger partial charge in [0.05, 0.1) is 6.42 Å². The average molecular weight is 174 g/mol. The van der Waals surface area contributed by atoms with E-state index >= 15 is 0 Å². The molecule has 0 spiro atoms. The monoisotopic (exact) mass is 174 g/mol. The predicted molar refractivity (Wildman–Crippen MR) is 50.7 cm³/mol. The lowest BCUT2D eigenvalue weighted by atomic mass is 10.1. The molecule has 0 aliphatic heterocycles. The fraction of sp³-hybridized carbons (Fsp3) is 0.182. The average Bonchev–Trinajstić information content (AvgIpc) is 2.49. The summed E-state index contributed by atoms with van der Waals surface area (Å²) in [6.07, 6.45) is 1.21. The van der Waals surface area contributed by atoms with Gasteiger partial charge in [0, 0.05) is 5.39 Å². The molecular formula is C11H10O2. The fourth-order valence-electron chi connectivity index (χ4n) is 1.44. The minimum absolute atomic E-state index is 0.355. The SMILES string of the molecule is Cc1cccc2oc(CC=O)cc12. The number of aldehydes is 1. The van der Waals surface area contributed by atoms with Gasteiger partial charge in [-0.05, 0) is 24.6 Å². The third-order valence-electron chi connectivity index (χ3n) is 2.12. The number of furan rings is 1. The van der Waals surface area contributed by atoms with E-state index in [-0.39, 0.29) is 0 Å². The van der Waals surface area contributed by atoms with Gasteiger partial charge in [0.15, 0.2) is 0 Å². The number of carbonyl (C=O) groups is 1. The van der Waals surface area contributed by atoms with Crippen LogP contribution in [0.15, 0.2) is 28.7 Å². The second kappa shape index (κ2) is 3.05. The van der Waals surface area contributed by atoms with Crippen molar-refractivity contribution >= 4 is 17.3 Å². The van der Waals surface area contributed by atoms with E-state index in [2.05, 4.69) is 0 Å². The number of benzene rings is 1. The third kappa shape index (κ3) is 1.35. The Morgan fingerprint density at radius 3 is 3.00 bits per heavy atom. The van der Waals surface area contributed by atoms with Crippen LogP contribution in [0.2, 0.25) is 0 Å². The zero-order chi connectivity index (χ0) is 9.26. The first-order valence-corrected chi connectivity index (χ1v) is 4.23. The molecule has 0 atom stereocenters. The Balaban J connectivity index is 2.61. The maximum atomic E-state index is 10.3. The Labute approximate surface area is 76.2 Å². The van der Waals surface area contributed by atoms with Crippen LogP contribution in [0.5, 0.6) is 0 Å². The molecule has 0 amide bonds. The molecule has 1 heterocycles. The molecule has 0 fully saturated rings. The molecule has 1 aromatic carbocycles. The van der Waals surface area contributed by atoms with E-state index in [1.807, 2.05) is 31.2 Å². The third-order valence-corrected chi connectivity index (χ3v) is 2.12. The molecule has 2 aromatic rings. The van der Waals surface area contributed by atoms with E-state index in [9.17, 15) is 4.79 Å². The van der Waals surface area contributed by atoms with Crippen LogP contribution in [0, 0.1) is 6.92 Å². The number of fused-ring (bicyclic) bond motifs is 1. The van der Waals surface area contributed by atoms with Crippen molar-refractivity contribution in [3.05, 3.63) is 35.6 Å². The number of rotatable bonds is 2. The molecular weight excluding hydrogens is 164 g/mol. The Bertz CT molecular complexity index is 440. The van der Waals surface area contributed by atoms with Crippen molar-refractivity contribution in [3.63, 3.8) is 0 Å². The van der Waals surface area contributed by atoms with Crippen LogP contribution in [-0.4, -0.2) is 6.29 Å². The Hall–Kier alpha value is -1.57. The van der Waals surface area contributed by atoms with Crippen LogP contribution in [0.25, 0.3) is 11.0 Å². The molecule has 0 unspecified atom stereocenters. The standard InChI is InChI=1S/C11H10O2/c1-8-3-2-4-11-10(8)7-9(13-11)5-6-12/h2-4,6-7H,5H2,1H3. The maximum absolute atomic E-state index is 10.3. The van der Waals surface area contributed by atoms with Crippen LogP contribution in [0.4, 0.5) is 0 Å². The van der Waals surface area contributed by atoms with Gasteiger partial charge in [-0.2, -0.15) is 0 Å². The Morgan fingerprint density at radius 2 is 2.31 bits per heavy atom. The molecule has 0 radical (unpaired) electrons. The quantitative estimate of drug-likeness (QED) is 0.655. The zero-order valence-corrected chi connectivity index (χ0v) is 7.41. The van der Waals surface area contributed by atoms with Gasteiger partial charge in [0.1, 0.15) is 17.6 Å². The summed E-state index contributed by atoms with van der Waals surface area (Å²) in [5, 5.41) is 1.10. The second-order valence-corrected chi connectivity index (χ2v) is 3.07. The molecule has 2 heteroatoms. The summed E-state index contributed by atoms with van der Waals surface area (Å²) in [5.41, 5.74) is 2.04. The first kappa shape index (κ1) is 8.05. The van der Waals surface area contributed by atoms with Gasteiger partial charge < -0.3 is 9.21 Å². The van der Waals surface area contributed by atoms with Crippen molar-refractivity contribution in [2.24, 2.45) is 0 Å². The van der Waals surface area contributed by atoms with Gasteiger partial charge >= 0.3 is 0 Å². The maximum Gasteiger partial charge on any atom is 0.134 e. The van der Waals surface area contributed by atoms with Crippen molar-refractivity contribution in [1.82, 2.24) is 0 Å². The minimum Gasteiger partial charge on any atom is -0.461 e. The van der Waals surface area contributed by atoms with Gasteiger partial charge in [-0.15, -0.1) is 0 Å². The summed E-state index contributed by atoms with van der Waals surface area (Å²) in [5.74, 6) is 0.735. The minimum atomic E-state index is 0.355. The molecule has 0 saturated heterocycles. The van der Waals surface area contributed by atoms with Gasteiger partial charge in [0.25, 0.3) is 0 Å². The molecule has 13 heavy (non-hydrogen) atoms. The summed E-state index contributed by atoms with van der Waals surface area (Å²) < 4.78 is 5.46. The molecule has 0 aliphatic rings. The summed E-state index contributed by atoms with van der Waals surface area (Å²) in [7, 11) is 0. The van der Waals surface area contributed by atoms with Crippen LogP contribution >= 0.6 is 0 Å². The molecule has 66 valence electrons. The van der Waals surface area contributed by atoms with Gasteiger partial charge in [-0.25, -0.2) is 0 Å². The van der Waals surface area contributed by atoms with Crippen LogP contribution < -0.4 is 0 Å². The van der Waals surface area contributed by atoms with Crippen molar-refractivity contribution < 1.29 is 9.21 Å². The van der Waals surface area contributed by atoms with E-state index in [0.29, 0.717) is 6.42 Å². The number of carbonyl (C=O) groups excluding carboxylic acids is 1. The lowest BCUT2D eigenvalue weighted by molar-refractivity contribution is -0.107. The van der Waals surface area contributed by atoms with Crippen molar-refractivity contribution in [3.8, 4) is 0 Å². The highest BCUT2D eigenvalue weighted by molar-refractivity contribution is 5.81. The summed E-state index contributed by atoms with van der Waals surface area (Å²) in [4.78, 5) is 10.3. The molecule has 0 aliphatic carbocycles. The van der Waals surface area contributed by atoms with Gasteiger partial charge in [-0.3, -0.25) is 0 Å². The van der Waals surface area contributed by atoms with E-state index in [1.165, 1.54) is 5.56 Å². The highest BCUT2D eigenvalue weighted by atomic mass is 16.3. The topological polar surface area (TPSA) is 30.2 Å². The largest absolute Gasteiger partial charge is 0.461 e. The molecule has 2 nitrogen and oxygen atoms in total. The normalized spacial score (nSPS) is 10.5. The Morgan fingerprint density at radius 1 is 1.46 bits per heavy atom. The molecule has 2 rings (SSSR count). The Kier molecular flexibility index (Phi) is 1.89. The molecule has 0 saturated carbocycles. The lowest BCUT2D eigenvalue weighted by Gasteiger charge is -1.90. The highest BCUT2D eigenvalue weighted by Gasteiger charge is 2.03. The first-order valence-electron chi connectivity index (χ1n) is 4.23. The van der Waals surface area contributed by atoms with Crippen molar-refractivity contribution in [2.75, 3.05) is 0 Å². The van der Waals surface area contributed by atoms with Gasteiger partial charge in [-0.1, -0.05) is 12.1 Å². The molecule has 0 bridgehead atoms. The predicted octanol–water partition coefficient (Wildman–Crippen LogP) is 2.48. The smallest absolute Gasteiger partial charge is 0.134 e. The van der Waals surface area contributed by atoms with Crippen molar-refractivity contribution in [1.29, 1.82) is 0 Å². The van der Waals surface area contributed by atoms with Crippen LogP contribution in [0.1, 0.15) is 11.3 Å². The van der Waals surface area contributed by atoms with E-state index in [0.717, 1.165) is 23.0 Å². The number of aryl methyl sites for hydroxylation is 1. The van der Waals surface area contributed by atoms with E-state index in [1.54, 1.807) is 0 Å². The van der Waals surface area contributed by atoms with Gasteiger partial charge in [0.2, 0.25) is 0 Å². The zero-order valence-electron chi connectivity index (χ0n) is 7.41. The number of hydrogen-bond donors (Lipinski definition) is 0. The first-order chi connectivity index (χ1) is 6.31.